The number of imidazole rings is 1. The maximum atomic E-state index is 10.4. The molecule has 0 fully saturated rings. The van der Waals surface area contributed by atoms with Crippen LogP contribution in [0, 0.1) is 0 Å². The molecule has 1 unspecified atom stereocenters. The summed E-state index contributed by atoms with van der Waals surface area (Å²) in [5.41, 5.74) is 2.58. The molecule has 0 aliphatic heterocycles. The van der Waals surface area contributed by atoms with Crippen LogP contribution in [0.3, 0.4) is 0 Å². The third kappa shape index (κ3) is 2.64. The number of halogens is 2. The van der Waals surface area contributed by atoms with Gasteiger partial charge in [0.1, 0.15) is 5.82 Å². The Kier molecular flexibility index (Phi) is 3.89. The summed E-state index contributed by atoms with van der Waals surface area (Å²) in [5.74, 6) is 0.805. The lowest BCUT2D eigenvalue weighted by Gasteiger charge is -2.13. The van der Waals surface area contributed by atoms with Gasteiger partial charge >= 0.3 is 0 Å². The van der Waals surface area contributed by atoms with Crippen LogP contribution in [-0.4, -0.2) is 14.7 Å². The normalized spacial score (nSPS) is 12.8. The standard InChI is InChI=1S/C16H14Cl2N2O/c1-20-13-8-3-2-7-12(13)19-15(20)9-14(21)10-5-4-6-11(17)16(10)18/h2-8,14,21H,9H2,1H3. The first-order valence-electron chi connectivity index (χ1n) is 6.60. The molecule has 0 amide bonds. The van der Waals surface area contributed by atoms with Gasteiger partial charge in [-0.25, -0.2) is 4.98 Å². The summed E-state index contributed by atoms with van der Waals surface area (Å²) in [4.78, 5) is 4.56. The minimum atomic E-state index is -0.744. The Morgan fingerprint density at radius 1 is 1.14 bits per heavy atom. The second kappa shape index (κ2) is 5.68. The smallest absolute Gasteiger partial charge is 0.112 e. The maximum Gasteiger partial charge on any atom is 0.112 e. The number of fused-ring (bicyclic) bond motifs is 1. The fraction of sp³-hybridized carbons (Fsp3) is 0.188. The number of aliphatic hydroxyl groups is 1. The number of hydrogen-bond donors (Lipinski definition) is 1. The van der Waals surface area contributed by atoms with Gasteiger partial charge in [-0.2, -0.15) is 0 Å². The summed E-state index contributed by atoms with van der Waals surface area (Å²) in [6.45, 7) is 0. The molecule has 3 aromatic rings. The van der Waals surface area contributed by atoms with Crippen LogP contribution in [0.5, 0.6) is 0 Å². The minimum absolute atomic E-state index is 0.380. The average molecular weight is 321 g/mol. The molecule has 108 valence electrons. The molecule has 0 aliphatic carbocycles. The highest BCUT2D eigenvalue weighted by Gasteiger charge is 2.17. The van der Waals surface area contributed by atoms with E-state index < -0.39 is 6.10 Å². The largest absolute Gasteiger partial charge is 0.388 e. The molecule has 3 nitrogen and oxygen atoms in total. The quantitative estimate of drug-likeness (QED) is 0.787. The Balaban J connectivity index is 1.94. The van der Waals surface area contributed by atoms with Crippen molar-refractivity contribution in [2.45, 2.75) is 12.5 Å². The van der Waals surface area contributed by atoms with Crippen molar-refractivity contribution in [1.82, 2.24) is 9.55 Å². The number of para-hydroxylation sites is 2. The highest BCUT2D eigenvalue weighted by atomic mass is 35.5. The number of hydrogen-bond acceptors (Lipinski definition) is 2. The van der Waals surface area contributed by atoms with Gasteiger partial charge in [0.15, 0.2) is 0 Å². The Morgan fingerprint density at radius 3 is 2.67 bits per heavy atom. The number of nitrogens with zero attached hydrogens (tertiary/aromatic N) is 2. The molecule has 3 rings (SSSR count). The number of rotatable bonds is 3. The highest BCUT2D eigenvalue weighted by molar-refractivity contribution is 6.42. The lowest BCUT2D eigenvalue weighted by Crippen LogP contribution is -2.07. The molecular weight excluding hydrogens is 307 g/mol. The third-order valence-electron chi connectivity index (χ3n) is 3.60. The molecule has 1 atom stereocenters. The molecule has 1 heterocycles. The van der Waals surface area contributed by atoms with Gasteiger partial charge in [-0.1, -0.05) is 47.5 Å². The lowest BCUT2D eigenvalue weighted by molar-refractivity contribution is 0.175. The van der Waals surface area contributed by atoms with Crippen LogP contribution >= 0.6 is 23.2 Å². The predicted molar refractivity (Wildman–Crippen MR) is 85.8 cm³/mol. The summed E-state index contributed by atoms with van der Waals surface area (Å²) in [6, 6.07) is 13.1. The summed E-state index contributed by atoms with van der Waals surface area (Å²) in [5, 5.41) is 11.3. The zero-order valence-electron chi connectivity index (χ0n) is 11.4. The first-order chi connectivity index (χ1) is 10.1. The van der Waals surface area contributed by atoms with Gasteiger partial charge in [0.2, 0.25) is 0 Å². The summed E-state index contributed by atoms with van der Waals surface area (Å²) in [6.07, 6.45) is -0.364. The number of aromatic nitrogens is 2. The van der Waals surface area contributed by atoms with E-state index in [1.165, 1.54) is 0 Å². The second-order valence-corrected chi connectivity index (χ2v) is 5.72. The molecule has 0 spiro atoms. The number of aliphatic hydroxyl groups excluding tert-OH is 1. The van der Waals surface area contributed by atoms with Gasteiger partial charge in [0, 0.05) is 19.0 Å². The van der Waals surface area contributed by atoms with Crippen molar-refractivity contribution in [1.29, 1.82) is 0 Å². The van der Waals surface area contributed by atoms with Gasteiger partial charge in [-0.15, -0.1) is 0 Å². The van der Waals surface area contributed by atoms with Crippen molar-refractivity contribution in [3.05, 3.63) is 63.9 Å². The number of benzene rings is 2. The fourth-order valence-electron chi connectivity index (χ4n) is 2.44. The van der Waals surface area contributed by atoms with E-state index in [4.69, 9.17) is 23.2 Å². The molecule has 5 heteroatoms. The van der Waals surface area contributed by atoms with Crippen LogP contribution in [0.1, 0.15) is 17.5 Å². The van der Waals surface area contributed by atoms with Crippen LogP contribution in [0.25, 0.3) is 11.0 Å². The van der Waals surface area contributed by atoms with Gasteiger partial charge < -0.3 is 9.67 Å². The van der Waals surface area contributed by atoms with E-state index in [2.05, 4.69) is 4.98 Å². The fourth-order valence-corrected chi connectivity index (χ4v) is 2.87. The second-order valence-electron chi connectivity index (χ2n) is 4.94. The van der Waals surface area contributed by atoms with Gasteiger partial charge in [0.05, 0.1) is 27.2 Å². The van der Waals surface area contributed by atoms with Crippen molar-refractivity contribution < 1.29 is 5.11 Å². The van der Waals surface area contributed by atoms with Gasteiger partial charge in [-0.05, 0) is 18.2 Å². The van der Waals surface area contributed by atoms with Crippen molar-refractivity contribution in [2.24, 2.45) is 7.05 Å². The molecule has 0 radical (unpaired) electrons. The van der Waals surface area contributed by atoms with Crippen LogP contribution in [0.2, 0.25) is 10.0 Å². The SMILES string of the molecule is Cn1c(CC(O)c2cccc(Cl)c2Cl)nc2ccccc21. The van der Waals surface area contributed by atoms with Crippen molar-refractivity contribution in [3.8, 4) is 0 Å². The van der Waals surface area contributed by atoms with E-state index in [9.17, 15) is 5.11 Å². The van der Waals surface area contributed by atoms with Crippen LogP contribution < -0.4 is 0 Å². The predicted octanol–water partition coefficient (Wildman–Crippen LogP) is 4.16. The molecule has 0 aliphatic rings. The first-order valence-corrected chi connectivity index (χ1v) is 7.36. The Bertz CT molecular complexity index is 798. The molecule has 0 bridgehead atoms. The van der Waals surface area contributed by atoms with Crippen LogP contribution in [0.4, 0.5) is 0 Å². The molecule has 21 heavy (non-hydrogen) atoms. The molecule has 0 saturated carbocycles. The van der Waals surface area contributed by atoms with E-state index in [1.807, 2.05) is 35.9 Å². The third-order valence-corrected chi connectivity index (χ3v) is 4.43. The first kappa shape index (κ1) is 14.4. The van der Waals surface area contributed by atoms with E-state index in [0.717, 1.165) is 16.9 Å². The van der Waals surface area contributed by atoms with Crippen LogP contribution in [0.15, 0.2) is 42.5 Å². The monoisotopic (exact) mass is 320 g/mol. The van der Waals surface area contributed by atoms with Crippen molar-refractivity contribution in [3.63, 3.8) is 0 Å². The van der Waals surface area contributed by atoms with Gasteiger partial charge in [0.25, 0.3) is 0 Å². The Hall–Kier alpha value is -1.55. The molecule has 0 saturated heterocycles. The van der Waals surface area contributed by atoms with E-state index >= 15 is 0 Å². The topological polar surface area (TPSA) is 38.0 Å². The molecule has 1 aromatic heterocycles. The Labute approximate surface area is 132 Å². The molecule has 1 N–H and O–H groups in total. The van der Waals surface area contributed by atoms with Crippen LogP contribution in [-0.2, 0) is 13.5 Å². The minimum Gasteiger partial charge on any atom is -0.388 e. The summed E-state index contributed by atoms with van der Waals surface area (Å²) < 4.78 is 1.98. The average Bonchev–Trinajstić information content (AvgIpc) is 2.79. The lowest BCUT2D eigenvalue weighted by atomic mass is 10.1. The molecular formula is C16H14Cl2N2O. The number of aryl methyl sites for hydroxylation is 1. The van der Waals surface area contributed by atoms with E-state index in [-0.39, 0.29) is 0 Å². The van der Waals surface area contributed by atoms with Crippen molar-refractivity contribution in [2.75, 3.05) is 0 Å². The van der Waals surface area contributed by atoms with E-state index in [0.29, 0.717) is 22.0 Å². The maximum absolute atomic E-state index is 10.4. The zero-order chi connectivity index (χ0) is 15.0. The molecule has 2 aromatic carbocycles. The van der Waals surface area contributed by atoms with Crippen molar-refractivity contribution >= 4 is 34.2 Å². The zero-order valence-corrected chi connectivity index (χ0v) is 12.9. The van der Waals surface area contributed by atoms with E-state index in [1.54, 1.807) is 18.2 Å². The Morgan fingerprint density at radius 2 is 1.90 bits per heavy atom. The summed E-state index contributed by atoms with van der Waals surface area (Å²) >= 11 is 12.1. The summed E-state index contributed by atoms with van der Waals surface area (Å²) in [7, 11) is 1.94. The highest BCUT2D eigenvalue weighted by Crippen LogP contribution is 2.31. The van der Waals surface area contributed by atoms with Gasteiger partial charge in [-0.3, -0.25) is 0 Å².